The van der Waals surface area contributed by atoms with Gasteiger partial charge in [-0.2, -0.15) is 5.26 Å². The van der Waals surface area contributed by atoms with Gasteiger partial charge in [-0.1, -0.05) is 30.3 Å². The second-order valence-corrected chi connectivity index (χ2v) is 5.63. The first-order valence-corrected chi connectivity index (χ1v) is 7.80. The standard InChI is InChI=1S/C20H16N2O2/c21-14-16-5-1-4-15(12-16)9-10-19(23)17-6-2-7-18(13-17)22-11-3-8-20(22)24/h1-2,4-7,9-10,12-13H,3,8,11H2/b10-9+. The van der Waals surface area contributed by atoms with Crippen LogP contribution >= 0.6 is 0 Å². The summed E-state index contributed by atoms with van der Waals surface area (Å²) in [6.07, 6.45) is 4.59. The van der Waals surface area contributed by atoms with Crippen molar-refractivity contribution in [3.63, 3.8) is 0 Å². The molecule has 118 valence electrons. The molecule has 4 nitrogen and oxygen atoms in total. The highest BCUT2D eigenvalue weighted by atomic mass is 16.2. The Hall–Kier alpha value is -3.19. The summed E-state index contributed by atoms with van der Waals surface area (Å²) in [7, 11) is 0. The van der Waals surface area contributed by atoms with Crippen molar-refractivity contribution in [3.8, 4) is 6.07 Å². The van der Waals surface area contributed by atoms with Crippen molar-refractivity contribution >= 4 is 23.5 Å². The van der Waals surface area contributed by atoms with Crippen molar-refractivity contribution in [1.82, 2.24) is 0 Å². The van der Waals surface area contributed by atoms with E-state index in [-0.39, 0.29) is 11.7 Å². The van der Waals surface area contributed by atoms with Gasteiger partial charge in [-0.25, -0.2) is 0 Å². The van der Waals surface area contributed by atoms with Gasteiger partial charge in [-0.05, 0) is 42.3 Å². The molecule has 2 aromatic carbocycles. The van der Waals surface area contributed by atoms with Crippen LogP contribution in [-0.4, -0.2) is 18.2 Å². The lowest BCUT2D eigenvalue weighted by atomic mass is 10.1. The van der Waals surface area contributed by atoms with Gasteiger partial charge in [0.1, 0.15) is 0 Å². The Morgan fingerprint density at radius 3 is 2.75 bits per heavy atom. The number of carbonyl (C=O) groups excluding carboxylic acids is 2. The summed E-state index contributed by atoms with van der Waals surface area (Å²) in [5, 5.41) is 8.90. The maximum absolute atomic E-state index is 12.4. The van der Waals surface area contributed by atoms with E-state index in [2.05, 4.69) is 6.07 Å². The third-order valence-corrected chi connectivity index (χ3v) is 3.96. The van der Waals surface area contributed by atoms with E-state index in [4.69, 9.17) is 5.26 Å². The highest BCUT2D eigenvalue weighted by molar-refractivity contribution is 6.08. The first-order chi connectivity index (χ1) is 11.7. The molecule has 0 unspecified atom stereocenters. The van der Waals surface area contributed by atoms with E-state index in [1.807, 2.05) is 12.1 Å². The van der Waals surface area contributed by atoms with Gasteiger partial charge in [-0.15, -0.1) is 0 Å². The zero-order valence-corrected chi connectivity index (χ0v) is 13.1. The Labute approximate surface area is 140 Å². The molecule has 0 saturated carbocycles. The Balaban J connectivity index is 1.79. The van der Waals surface area contributed by atoms with E-state index >= 15 is 0 Å². The number of amides is 1. The predicted molar refractivity (Wildman–Crippen MR) is 92.6 cm³/mol. The second kappa shape index (κ2) is 6.93. The van der Waals surface area contributed by atoms with Crippen LogP contribution in [-0.2, 0) is 4.79 Å². The molecule has 2 aromatic rings. The number of nitriles is 1. The van der Waals surface area contributed by atoms with Crippen molar-refractivity contribution in [2.45, 2.75) is 12.8 Å². The van der Waals surface area contributed by atoms with Gasteiger partial charge in [0, 0.05) is 24.2 Å². The molecule has 1 amide bonds. The summed E-state index contributed by atoms with van der Waals surface area (Å²) < 4.78 is 0. The molecule has 4 heteroatoms. The molecule has 0 radical (unpaired) electrons. The van der Waals surface area contributed by atoms with Crippen LogP contribution in [0.25, 0.3) is 6.08 Å². The van der Waals surface area contributed by atoms with Crippen LogP contribution < -0.4 is 4.90 Å². The predicted octanol–water partition coefficient (Wildman–Crippen LogP) is 3.58. The van der Waals surface area contributed by atoms with Crippen molar-refractivity contribution in [2.75, 3.05) is 11.4 Å². The molecule has 0 spiro atoms. The quantitative estimate of drug-likeness (QED) is 0.640. The van der Waals surface area contributed by atoms with E-state index in [9.17, 15) is 9.59 Å². The van der Waals surface area contributed by atoms with Crippen molar-refractivity contribution < 1.29 is 9.59 Å². The third-order valence-electron chi connectivity index (χ3n) is 3.96. The minimum Gasteiger partial charge on any atom is -0.312 e. The van der Waals surface area contributed by atoms with Gasteiger partial charge in [0.2, 0.25) is 5.91 Å². The number of benzene rings is 2. The van der Waals surface area contributed by atoms with Gasteiger partial charge in [0.15, 0.2) is 5.78 Å². The number of ketones is 1. The summed E-state index contributed by atoms with van der Waals surface area (Å²) in [4.78, 5) is 25.9. The van der Waals surface area contributed by atoms with Crippen molar-refractivity contribution in [3.05, 3.63) is 71.3 Å². The minimum absolute atomic E-state index is 0.100. The number of hydrogen-bond donors (Lipinski definition) is 0. The number of carbonyl (C=O) groups is 2. The average molecular weight is 316 g/mol. The first kappa shape index (κ1) is 15.7. The van der Waals surface area contributed by atoms with E-state index in [1.54, 1.807) is 47.4 Å². The molecule has 0 N–H and O–H groups in total. The first-order valence-electron chi connectivity index (χ1n) is 7.80. The maximum Gasteiger partial charge on any atom is 0.227 e. The number of nitrogens with zero attached hydrogens (tertiary/aromatic N) is 2. The lowest BCUT2D eigenvalue weighted by Gasteiger charge is -2.16. The molecule has 1 aliphatic rings. The van der Waals surface area contributed by atoms with Crippen LogP contribution in [0, 0.1) is 11.3 Å². The van der Waals surface area contributed by atoms with Crippen LogP contribution in [0.5, 0.6) is 0 Å². The van der Waals surface area contributed by atoms with Crippen molar-refractivity contribution in [2.24, 2.45) is 0 Å². The summed E-state index contributed by atoms with van der Waals surface area (Å²) in [6.45, 7) is 0.702. The second-order valence-electron chi connectivity index (χ2n) is 5.63. The zero-order chi connectivity index (χ0) is 16.9. The molecule has 1 heterocycles. The summed E-state index contributed by atoms with van der Waals surface area (Å²) >= 11 is 0. The number of anilines is 1. The fraction of sp³-hybridized carbons (Fsp3) is 0.150. The third kappa shape index (κ3) is 3.41. The normalized spacial score (nSPS) is 14.1. The highest BCUT2D eigenvalue weighted by Crippen LogP contribution is 2.22. The Bertz CT molecular complexity index is 862. The van der Waals surface area contributed by atoms with E-state index < -0.39 is 0 Å². The Morgan fingerprint density at radius 2 is 2.00 bits per heavy atom. The molecule has 24 heavy (non-hydrogen) atoms. The molecule has 0 atom stereocenters. The fourth-order valence-corrected chi connectivity index (χ4v) is 2.73. The smallest absolute Gasteiger partial charge is 0.227 e. The largest absolute Gasteiger partial charge is 0.312 e. The lowest BCUT2D eigenvalue weighted by Crippen LogP contribution is -2.23. The van der Waals surface area contributed by atoms with Crippen LogP contribution in [0.4, 0.5) is 5.69 Å². The van der Waals surface area contributed by atoms with Gasteiger partial charge >= 0.3 is 0 Å². The molecular weight excluding hydrogens is 300 g/mol. The van der Waals surface area contributed by atoms with Crippen LogP contribution in [0.2, 0.25) is 0 Å². The molecule has 1 saturated heterocycles. The van der Waals surface area contributed by atoms with E-state index in [0.29, 0.717) is 24.1 Å². The molecule has 1 aliphatic heterocycles. The SMILES string of the molecule is N#Cc1cccc(/C=C/C(=O)c2cccc(N3CCCC3=O)c2)c1. The van der Waals surface area contributed by atoms with E-state index in [1.165, 1.54) is 6.08 Å². The Kier molecular flexibility index (Phi) is 4.53. The molecular formula is C20H16N2O2. The monoisotopic (exact) mass is 316 g/mol. The molecule has 0 aromatic heterocycles. The average Bonchev–Trinajstić information content (AvgIpc) is 3.06. The van der Waals surface area contributed by atoms with Gasteiger partial charge < -0.3 is 4.90 Å². The maximum atomic E-state index is 12.4. The van der Waals surface area contributed by atoms with Crippen LogP contribution in [0.1, 0.15) is 34.3 Å². The molecule has 1 fully saturated rings. The Morgan fingerprint density at radius 1 is 1.17 bits per heavy atom. The summed E-state index contributed by atoms with van der Waals surface area (Å²) in [5.74, 6) is -0.0330. The summed E-state index contributed by atoms with van der Waals surface area (Å²) in [5.41, 5.74) is 2.66. The van der Waals surface area contributed by atoms with Gasteiger partial charge in [-0.3, -0.25) is 9.59 Å². The molecule has 3 rings (SSSR count). The summed E-state index contributed by atoms with van der Waals surface area (Å²) in [6, 6.07) is 16.3. The topological polar surface area (TPSA) is 61.2 Å². The molecule has 0 bridgehead atoms. The van der Waals surface area contributed by atoms with Crippen molar-refractivity contribution in [1.29, 1.82) is 5.26 Å². The zero-order valence-electron chi connectivity index (χ0n) is 13.1. The van der Waals surface area contributed by atoms with Gasteiger partial charge in [0.25, 0.3) is 0 Å². The van der Waals surface area contributed by atoms with Crippen LogP contribution in [0.15, 0.2) is 54.6 Å². The number of hydrogen-bond acceptors (Lipinski definition) is 3. The number of rotatable bonds is 4. The highest BCUT2D eigenvalue weighted by Gasteiger charge is 2.21. The number of allylic oxidation sites excluding steroid dienone is 1. The fourth-order valence-electron chi connectivity index (χ4n) is 2.73. The van der Waals surface area contributed by atoms with E-state index in [0.717, 1.165) is 17.7 Å². The lowest BCUT2D eigenvalue weighted by molar-refractivity contribution is -0.117. The van der Waals surface area contributed by atoms with Gasteiger partial charge in [0.05, 0.1) is 11.6 Å². The minimum atomic E-state index is -0.133. The molecule has 0 aliphatic carbocycles. The van der Waals surface area contributed by atoms with Crippen LogP contribution in [0.3, 0.4) is 0 Å².